The van der Waals surface area contributed by atoms with Gasteiger partial charge in [0.2, 0.25) is 5.88 Å². The molecule has 1 fully saturated rings. The molecule has 0 spiro atoms. The van der Waals surface area contributed by atoms with E-state index in [1.807, 2.05) is 13.1 Å². The van der Waals surface area contributed by atoms with Gasteiger partial charge in [-0.05, 0) is 38.3 Å². The summed E-state index contributed by atoms with van der Waals surface area (Å²) in [4.78, 5) is 4.29. The van der Waals surface area contributed by atoms with Gasteiger partial charge in [-0.15, -0.1) is 0 Å². The number of ether oxygens (including phenoxy) is 1. The Hall–Kier alpha value is -1.25. The Balaban J connectivity index is 2.17. The molecule has 0 amide bonds. The van der Waals surface area contributed by atoms with E-state index in [0.717, 1.165) is 23.7 Å². The van der Waals surface area contributed by atoms with Crippen LogP contribution in [0.25, 0.3) is 0 Å². The molecule has 0 aromatic carbocycles. The van der Waals surface area contributed by atoms with Crippen molar-refractivity contribution in [3.63, 3.8) is 0 Å². The molecule has 0 aliphatic heterocycles. The van der Waals surface area contributed by atoms with Gasteiger partial charge in [-0.1, -0.05) is 0 Å². The summed E-state index contributed by atoms with van der Waals surface area (Å²) in [5.41, 5.74) is 2.17. The molecule has 76 valence electrons. The van der Waals surface area contributed by atoms with Crippen LogP contribution in [0.3, 0.4) is 0 Å². The first-order valence-electron chi connectivity index (χ1n) is 5.16. The summed E-state index contributed by atoms with van der Waals surface area (Å²) in [5, 5.41) is 3.26. The second kappa shape index (κ2) is 3.86. The van der Waals surface area contributed by atoms with Gasteiger partial charge in [0.1, 0.15) is 6.10 Å². The second-order valence-corrected chi connectivity index (χ2v) is 3.71. The lowest BCUT2D eigenvalue weighted by Gasteiger charge is -2.10. The summed E-state index contributed by atoms with van der Waals surface area (Å²) in [6.45, 7) is 5.00. The van der Waals surface area contributed by atoms with Gasteiger partial charge in [0.15, 0.2) is 0 Å². The summed E-state index contributed by atoms with van der Waals surface area (Å²) in [7, 11) is 0. The number of anilines is 1. The standard InChI is InChI=1S/C11H16N2O/c1-3-12-10-6-8(2)7-13-11(10)14-9-4-5-9/h6-7,9,12H,3-5H2,1-2H3. The molecule has 0 radical (unpaired) electrons. The van der Waals surface area contributed by atoms with Crippen LogP contribution in [0.15, 0.2) is 12.3 Å². The molecule has 0 bridgehead atoms. The number of nitrogens with zero attached hydrogens (tertiary/aromatic N) is 1. The summed E-state index contributed by atoms with van der Waals surface area (Å²) in [6, 6.07) is 2.08. The molecule has 2 rings (SSSR count). The van der Waals surface area contributed by atoms with Crippen molar-refractivity contribution in [2.75, 3.05) is 11.9 Å². The summed E-state index contributed by atoms with van der Waals surface area (Å²) in [5.74, 6) is 0.750. The molecule has 1 aromatic rings. The highest BCUT2D eigenvalue weighted by atomic mass is 16.5. The largest absolute Gasteiger partial charge is 0.473 e. The summed E-state index contributed by atoms with van der Waals surface area (Å²) in [6.07, 6.45) is 4.59. The minimum absolute atomic E-state index is 0.405. The van der Waals surface area contributed by atoms with E-state index in [9.17, 15) is 0 Å². The fourth-order valence-electron chi connectivity index (χ4n) is 1.31. The highest BCUT2D eigenvalue weighted by Gasteiger charge is 2.25. The number of aryl methyl sites for hydroxylation is 1. The average Bonchev–Trinajstić information content (AvgIpc) is 2.94. The molecule has 1 aliphatic rings. The zero-order valence-electron chi connectivity index (χ0n) is 8.71. The minimum Gasteiger partial charge on any atom is -0.473 e. The Morgan fingerprint density at radius 1 is 1.57 bits per heavy atom. The van der Waals surface area contributed by atoms with Gasteiger partial charge < -0.3 is 10.1 Å². The molecule has 0 atom stereocenters. The molecule has 0 unspecified atom stereocenters. The van der Waals surface area contributed by atoms with Crippen molar-refractivity contribution < 1.29 is 4.74 Å². The van der Waals surface area contributed by atoms with Crippen molar-refractivity contribution in [3.8, 4) is 5.88 Å². The second-order valence-electron chi connectivity index (χ2n) is 3.71. The molecule has 1 heterocycles. The molecule has 1 aromatic heterocycles. The van der Waals surface area contributed by atoms with Crippen molar-refractivity contribution in [2.45, 2.75) is 32.8 Å². The topological polar surface area (TPSA) is 34.2 Å². The lowest BCUT2D eigenvalue weighted by atomic mass is 10.3. The Morgan fingerprint density at radius 2 is 2.36 bits per heavy atom. The lowest BCUT2D eigenvalue weighted by Crippen LogP contribution is -2.05. The van der Waals surface area contributed by atoms with Crippen LogP contribution in [0, 0.1) is 6.92 Å². The SMILES string of the molecule is CCNc1cc(C)cnc1OC1CC1. The number of hydrogen-bond acceptors (Lipinski definition) is 3. The van der Waals surface area contributed by atoms with E-state index < -0.39 is 0 Å². The van der Waals surface area contributed by atoms with E-state index in [0.29, 0.717) is 6.10 Å². The number of hydrogen-bond donors (Lipinski definition) is 1. The van der Waals surface area contributed by atoms with Crippen LogP contribution in [0.2, 0.25) is 0 Å². The maximum absolute atomic E-state index is 5.69. The molecular weight excluding hydrogens is 176 g/mol. The first kappa shape index (κ1) is 9.31. The van der Waals surface area contributed by atoms with E-state index in [1.54, 1.807) is 0 Å². The van der Waals surface area contributed by atoms with Crippen molar-refractivity contribution in [2.24, 2.45) is 0 Å². The van der Waals surface area contributed by atoms with Crippen LogP contribution >= 0.6 is 0 Å². The van der Waals surface area contributed by atoms with Crippen LogP contribution in [-0.4, -0.2) is 17.6 Å². The number of pyridine rings is 1. The Labute approximate surface area is 84.5 Å². The predicted octanol–water partition coefficient (Wildman–Crippen LogP) is 2.36. The van der Waals surface area contributed by atoms with Crippen LogP contribution in [0.5, 0.6) is 5.88 Å². The monoisotopic (exact) mass is 192 g/mol. The van der Waals surface area contributed by atoms with Crippen molar-refractivity contribution in [1.29, 1.82) is 0 Å². The van der Waals surface area contributed by atoms with E-state index in [1.165, 1.54) is 12.8 Å². The molecule has 1 saturated carbocycles. The van der Waals surface area contributed by atoms with E-state index in [-0.39, 0.29) is 0 Å². The molecule has 1 aliphatic carbocycles. The minimum atomic E-state index is 0.405. The van der Waals surface area contributed by atoms with Gasteiger partial charge in [0.25, 0.3) is 0 Å². The van der Waals surface area contributed by atoms with Gasteiger partial charge in [0, 0.05) is 12.7 Å². The fraction of sp³-hybridized carbons (Fsp3) is 0.545. The predicted molar refractivity (Wildman–Crippen MR) is 56.8 cm³/mol. The third kappa shape index (κ3) is 2.16. The van der Waals surface area contributed by atoms with Crippen LogP contribution < -0.4 is 10.1 Å². The zero-order chi connectivity index (χ0) is 9.97. The Morgan fingerprint density at radius 3 is 3.00 bits per heavy atom. The highest BCUT2D eigenvalue weighted by Crippen LogP contribution is 2.30. The third-order valence-corrected chi connectivity index (χ3v) is 2.16. The van der Waals surface area contributed by atoms with E-state index in [4.69, 9.17) is 4.74 Å². The van der Waals surface area contributed by atoms with E-state index >= 15 is 0 Å². The van der Waals surface area contributed by atoms with Gasteiger partial charge in [-0.2, -0.15) is 0 Å². The summed E-state index contributed by atoms with van der Waals surface area (Å²) < 4.78 is 5.69. The van der Waals surface area contributed by atoms with Crippen molar-refractivity contribution in [1.82, 2.24) is 4.98 Å². The maximum Gasteiger partial charge on any atom is 0.237 e. The van der Waals surface area contributed by atoms with Gasteiger partial charge >= 0.3 is 0 Å². The van der Waals surface area contributed by atoms with Crippen molar-refractivity contribution in [3.05, 3.63) is 17.8 Å². The highest BCUT2D eigenvalue weighted by molar-refractivity contribution is 5.53. The molecule has 0 saturated heterocycles. The molecule has 14 heavy (non-hydrogen) atoms. The van der Waals surface area contributed by atoms with Crippen LogP contribution in [0.1, 0.15) is 25.3 Å². The van der Waals surface area contributed by atoms with Gasteiger partial charge in [-0.3, -0.25) is 0 Å². The third-order valence-electron chi connectivity index (χ3n) is 2.16. The zero-order valence-corrected chi connectivity index (χ0v) is 8.71. The smallest absolute Gasteiger partial charge is 0.237 e. The molecule has 3 heteroatoms. The number of nitrogens with one attached hydrogen (secondary N) is 1. The van der Waals surface area contributed by atoms with Crippen LogP contribution in [0.4, 0.5) is 5.69 Å². The fourth-order valence-corrected chi connectivity index (χ4v) is 1.31. The normalized spacial score (nSPS) is 15.3. The molecule has 1 N–H and O–H groups in total. The lowest BCUT2D eigenvalue weighted by molar-refractivity contribution is 0.292. The summed E-state index contributed by atoms with van der Waals surface area (Å²) >= 11 is 0. The van der Waals surface area contributed by atoms with Gasteiger partial charge in [-0.25, -0.2) is 4.98 Å². The first-order valence-corrected chi connectivity index (χ1v) is 5.16. The quantitative estimate of drug-likeness (QED) is 0.795. The van der Waals surface area contributed by atoms with Crippen molar-refractivity contribution >= 4 is 5.69 Å². The average molecular weight is 192 g/mol. The Kier molecular flexibility index (Phi) is 2.57. The number of rotatable bonds is 4. The first-order chi connectivity index (χ1) is 6.79. The van der Waals surface area contributed by atoms with Gasteiger partial charge in [0.05, 0.1) is 5.69 Å². The molecular formula is C11H16N2O. The van der Waals surface area contributed by atoms with E-state index in [2.05, 4.69) is 23.3 Å². The van der Waals surface area contributed by atoms with Crippen LogP contribution in [-0.2, 0) is 0 Å². The maximum atomic E-state index is 5.69. The number of aromatic nitrogens is 1. The Bertz CT molecular complexity index is 321. The molecule has 3 nitrogen and oxygen atoms in total.